The fourth-order valence-electron chi connectivity index (χ4n) is 2.54. The fourth-order valence-corrected chi connectivity index (χ4v) is 2.54. The summed E-state index contributed by atoms with van der Waals surface area (Å²) in [7, 11) is 0. The number of anilines is 1. The number of hydrogen-bond donors (Lipinski definition) is 1. The lowest BCUT2D eigenvalue weighted by molar-refractivity contribution is 0.214. The van der Waals surface area contributed by atoms with Crippen LogP contribution in [0.25, 0.3) is 0 Å². The van der Waals surface area contributed by atoms with Gasteiger partial charge in [-0.15, -0.1) is 0 Å². The molecule has 1 heterocycles. The number of benzene rings is 2. The molecule has 5 heteroatoms. The molecule has 0 saturated heterocycles. The molecule has 21 heavy (non-hydrogen) atoms. The van der Waals surface area contributed by atoms with E-state index in [1.165, 1.54) is 0 Å². The summed E-state index contributed by atoms with van der Waals surface area (Å²) in [6.45, 7) is 2.38. The average molecular weight is 293 g/mol. The summed E-state index contributed by atoms with van der Waals surface area (Å²) in [5.41, 5.74) is 0.668. The highest BCUT2D eigenvalue weighted by atomic mass is 19.2. The average Bonchev–Trinajstić information content (AvgIpc) is 2.47. The van der Waals surface area contributed by atoms with Gasteiger partial charge in [0.05, 0.1) is 18.3 Å². The monoisotopic (exact) mass is 293 g/mol. The minimum absolute atomic E-state index is 0.0330. The van der Waals surface area contributed by atoms with Crippen LogP contribution in [0, 0.1) is 23.4 Å². The highest BCUT2D eigenvalue weighted by molar-refractivity contribution is 5.50. The maximum atomic E-state index is 13.8. The van der Waals surface area contributed by atoms with Crippen molar-refractivity contribution in [3.63, 3.8) is 0 Å². The number of para-hydroxylation sites is 1. The van der Waals surface area contributed by atoms with Crippen LogP contribution in [0.4, 0.5) is 18.9 Å². The zero-order valence-corrected chi connectivity index (χ0v) is 11.4. The van der Waals surface area contributed by atoms with Crippen molar-refractivity contribution in [1.29, 1.82) is 0 Å². The first-order chi connectivity index (χ1) is 10.1. The first kappa shape index (κ1) is 13.8. The number of fused-ring (bicyclic) bond motifs is 1. The Hall–Kier alpha value is -2.17. The number of nitrogens with one attached hydrogen (secondary N) is 1. The Bertz CT molecular complexity index is 675. The van der Waals surface area contributed by atoms with E-state index in [0.717, 1.165) is 11.6 Å². The molecule has 1 aliphatic rings. The number of halogens is 3. The molecular weight excluding hydrogens is 279 g/mol. The summed E-state index contributed by atoms with van der Waals surface area (Å²) < 4.78 is 46.0. The van der Waals surface area contributed by atoms with E-state index in [1.54, 1.807) is 0 Å². The third-order valence-corrected chi connectivity index (χ3v) is 3.63. The summed E-state index contributed by atoms with van der Waals surface area (Å²) in [5, 5.41) is 2.90. The zero-order chi connectivity index (χ0) is 15.0. The molecular formula is C16H14F3NO. The Balaban J connectivity index is 1.98. The predicted molar refractivity (Wildman–Crippen MR) is 73.8 cm³/mol. The van der Waals surface area contributed by atoms with E-state index in [2.05, 4.69) is 5.32 Å². The van der Waals surface area contributed by atoms with E-state index in [9.17, 15) is 13.2 Å². The van der Waals surface area contributed by atoms with Crippen molar-refractivity contribution in [1.82, 2.24) is 0 Å². The van der Waals surface area contributed by atoms with Gasteiger partial charge in [-0.25, -0.2) is 13.2 Å². The van der Waals surface area contributed by atoms with Crippen LogP contribution in [-0.4, -0.2) is 6.61 Å². The van der Waals surface area contributed by atoms with E-state index < -0.39 is 17.5 Å². The molecule has 0 aliphatic carbocycles. The molecule has 2 atom stereocenters. The highest BCUT2D eigenvalue weighted by Gasteiger charge is 2.28. The van der Waals surface area contributed by atoms with Crippen LogP contribution in [-0.2, 0) is 0 Å². The van der Waals surface area contributed by atoms with Crippen LogP contribution in [0.2, 0.25) is 0 Å². The molecule has 1 aliphatic heterocycles. The van der Waals surface area contributed by atoms with Gasteiger partial charge in [-0.1, -0.05) is 25.1 Å². The smallest absolute Gasteiger partial charge is 0.182 e. The van der Waals surface area contributed by atoms with Gasteiger partial charge in [0.2, 0.25) is 0 Å². The van der Waals surface area contributed by atoms with Crippen molar-refractivity contribution in [3.05, 3.63) is 59.4 Å². The quantitative estimate of drug-likeness (QED) is 0.834. The third-order valence-electron chi connectivity index (χ3n) is 3.63. The maximum absolute atomic E-state index is 13.8. The maximum Gasteiger partial charge on any atom is 0.182 e. The van der Waals surface area contributed by atoms with Crippen LogP contribution in [0.5, 0.6) is 5.75 Å². The first-order valence-corrected chi connectivity index (χ1v) is 6.69. The van der Waals surface area contributed by atoms with Gasteiger partial charge in [-0.05, 0) is 6.07 Å². The van der Waals surface area contributed by atoms with E-state index in [-0.39, 0.29) is 17.6 Å². The lowest BCUT2D eigenvalue weighted by Crippen LogP contribution is -2.29. The topological polar surface area (TPSA) is 21.3 Å². The zero-order valence-electron chi connectivity index (χ0n) is 11.4. The second kappa shape index (κ2) is 5.31. The summed E-state index contributed by atoms with van der Waals surface area (Å²) in [5.74, 6) is -2.36. The summed E-state index contributed by atoms with van der Waals surface area (Å²) in [6.07, 6.45) is 0. The summed E-state index contributed by atoms with van der Waals surface area (Å²) in [4.78, 5) is 0. The van der Waals surface area contributed by atoms with Crippen LogP contribution in [0.15, 0.2) is 36.4 Å². The molecule has 0 amide bonds. The molecule has 0 fully saturated rings. The van der Waals surface area contributed by atoms with Gasteiger partial charge >= 0.3 is 0 Å². The molecule has 2 aromatic carbocycles. The molecule has 2 unspecified atom stereocenters. The lowest BCUT2D eigenvalue weighted by atomic mass is 9.92. The van der Waals surface area contributed by atoms with Crippen molar-refractivity contribution in [3.8, 4) is 5.75 Å². The second-order valence-corrected chi connectivity index (χ2v) is 5.20. The molecule has 0 spiro atoms. The third kappa shape index (κ3) is 2.55. The molecule has 110 valence electrons. The van der Waals surface area contributed by atoms with Crippen molar-refractivity contribution in [2.24, 2.45) is 5.92 Å². The Morgan fingerprint density at radius 3 is 2.71 bits per heavy atom. The summed E-state index contributed by atoms with van der Waals surface area (Å²) in [6, 6.07) is 8.58. The second-order valence-electron chi connectivity index (χ2n) is 5.20. The highest BCUT2D eigenvalue weighted by Crippen LogP contribution is 2.38. The van der Waals surface area contributed by atoms with E-state index in [4.69, 9.17) is 4.74 Å². The Morgan fingerprint density at radius 2 is 1.90 bits per heavy atom. The molecule has 3 rings (SSSR count). The van der Waals surface area contributed by atoms with Gasteiger partial charge in [0, 0.05) is 23.6 Å². The van der Waals surface area contributed by atoms with Crippen molar-refractivity contribution in [2.45, 2.75) is 13.0 Å². The predicted octanol–water partition coefficient (Wildman–Crippen LogP) is 4.29. The van der Waals surface area contributed by atoms with Gasteiger partial charge in [-0.2, -0.15) is 0 Å². The van der Waals surface area contributed by atoms with Crippen molar-refractivity contribution in [2.75, 3.05) is 11.9 Å². The Labute approximate surface area is 120 Å². The first-order valence-electron chi connectivity index (χ1n) is 6.69. The van der Waals surface area contributed by atoms with Gasteiger partial charge in [0.1, 0.15) is 11.6 Å². The Morgan fingerprint density at radius 1 is 1.14 bits per heavy atom. The minimum Gasteiger partial charge on any atom is -0.493 e. The molecule has 2 nitrogen and oxygen atoms in total. The van der Waals surface area contributed by atoms with E-state index in [1.807, 2.05) is 31.2 Å². The van der Waals surface area contributed by atoms with Crippen LogP contribution < -0.4 is 10.1 Å². The largest absolute Gasteiger partial charge is 0.493 e. The number of ether oxygens (including phenoxy) is 1. The van der Waals surface area contributed by atoms with Gasteiger partial charge < -0.3 is 10.1 Å². The van der Waals surface area contributed by atoms with Crippen LogP contribution in [0.1, 0.15) is 18.5 Å². The molecule has 0 saturated carbocycles. The normalized spacial score (nSPS) is 20.6. The van der Waals surface area contributed by atoms with Gasteiger partial charge in [0.25, 0.3) is 0 Å². The minimum atomic E-state index is -1.20. The molecule has 1 N–H and O–H groups in total. The molecule has 0 bridgehead atoms. The lowest BCUT2D eigenvalue weighted by Gasteiger charge is -2.32. The van der Waals surface area contributed by atoms with Gasteiger partial charge in [-0.3, -0.25) is 0 Å². The molecule has 0 aromatic heterocycles. The SMILES string of the molecule is CC1COc2ccccc2C1Nc1cc(F)cc(F)c1F. The Kier molecular flexibility index (Phi) is 3.49. The van der Waals surface area contributed by atoms with E-state index in [0.29, 0.717) is 18.4 Å². The van der Waals surface area contributed by atoms with Crippen molar-refractivity contribution < 1.29 is 17.9 Å². The molecule has 0 radical (unpaired) electrons. The van der Waals surface area contributed by atoms with E-state index >= 15 is 0 Å². The van der Waals surface area contributed by atoms with Crippen molar-refractivity contribution >= 4 is 5.69 Å². The standard InChI is InChI=1S/C16H14F3NO/c1-9-8-21-14-5-3-2-4-11(14)16(9)20-13-7-10(17)6-12(18)15(13)19/h2-7,9,16,20H,8H2,1H3. The number of hydrogen-bond acceptors (Lipinski definition) is 2. The van der Waals surface area contributed by atoms with Gasteiger partial charge in [0.15, 0.2) is 11.6 Å². The van der Waals surface area contributed by atoms with Crippen LogP contribution in [0.3, 0.4) is 0 Å². The summed E-state index contributed by atoms with van der Waals surface area (Å²) >= 11 is 0. The number of rotatable bonds is 2. The fraction of sp³-hybridized carbons (Fsp3) is 0.250. The molecule has 2 aromatic rings. The van der Waals surface area contributed by atoms with Crippen LogP contribution >= 0.6 is 0 Å².